The van der Waals surface area contributed by atoms with Gasteiger partial charge in [-0.3, -0.25) is 0 Å². The molecule has 1 aliphatic heterocycles. The molecule has 0 radical (unpaired) electrons. The van der Waals surface area contributed by atoms with E-state index in [-0.39, 0.29) is 0 Å². The molecule has 4 nitrogen and oxygen atoms in total. The molecule has 1 heterocycles. The van der Waals surface area contributed by atoms with Crippen molar-refractivity contribution in [1.82, 2.24) is 5.43 Å². The predicted octanol–water partition coefficient (Wildman–Crippen LogP) is 4.55. The Kier molecular flexibility index (Phi) is 6.78. The first-order valence-electron chi connectivity index (χ1n) is 10.8. The van der Waals surface area contributed by atoms with Crippen molar-refractivity contribution < 1.29 is 3.07 Å². The summed E-state index contributed by atoms with van der Waals surface area (Å²) in [4.78, 5) is 4.93. The van der Waals surface area contributed by atoms with Gasteiger partial charge in [0, 0.05) is 0 Å². The molecule has 1 N–H and O–H groups in total. The van der Waals surface area contributed by atoms with Crippen LogP contribution in [0.4, 0.5) is 0 Å². The van der Waals surface area contributed by atoms with Crippen LogP contribution in [0.2, 0.25) is 0 Å². The zero-order chi connectivity index (χ0) is 22.3. The summed E-state index contributed by atoms with van der Waals surface area (Å²) in [5, 5.41) is 5.28. The molecule has 6 heteroatoms. The first-order valence-corrected chi connectivity index (χ1v) is 19.1. The van der Waals surface area contributed by atoms with E-state index in [1.54, 1.807) is 8.95 Å². The molecule has 162 valence electrons. The van der Waals surface area contributed by atoms with E-state index in [9.17, 15) is 0 Å². The fraction of sp³-hybridized carbons (Fsp3) is 0.0370. The molecule has 0 unspecified atom stereocenters. The van der Waals surface area contributed by atoms with Gasteiger partial charge in [-0.15, -0.1) is 0 Å². The minimum absolute atomic E-state index is 0.574. The van der Waals surface area contributed by atoms with E-state index in [0.29, 0.717) is 6.54 Å². The second-order valence-electron chi connectivity index (χ2n) is 7.57. The fourth-order valence-corrected chi connectivity index (χ4v) is 19.2. The first-order chi connectivity index (χ1) is 16.3. The molecule has 1 aliphatic rings. The van der Waals surface area contributed by atoms with Gasteiger partial charge < -0.3 is 0 Å². The van der Waals surface area contributed by atoms with Crippen molar-refractivity contribution in [3.63, 3.8) is 0 Å². The van der Waals surface area contributed by atoms with Crippen LogP contribution in [0.3, 0.4) is 0 Å². The van der Waals surface area contributed by atoms with Crippen LogP contribution in [-0.4, -0.2) is 28.8 Å². The molecule has 33 heavy (non-hydrogen) atoms. The third-order valence-corrected chi connectivity index (χ3v) is 21.6. The predicted molar refractivity (Wildman–Crippen MR) is 141 cm³/mol. The molecule has 0 aliphatic carbocycles. The Hall–Kier alpha value is -3.03. The molecule has 4 aromatic rings. The third-order valence-electron chi connectivity index (χ3n) is 5.33. The van der Waals surface area contributed by atoms with Gasteiger partial charge >= 0.3 is 202 Å². The summed E-state index contributed by atoms with van der Waals surface area (Å²) in [5.74, 6) is 0.850. The molecule has 5 rings (SSSR count). The number of aliphatic imine (C=N–C) groups is 1. The second kappa shape index (κ2) is 10.3. The van der Waals surface area contributed by atoms with Crippen molar-refractivity contribution in [1.29, 1.82) is 0 Å². The Morgan fingerprint density at radius 3 is 1.97 bits per heavy atom. The van der Waals surface area contributed by atoms with Gasteiger partial charge in [0.25, 0.3) is 0 Å². The zero-order valence-corrected chi connectivity index (χ0v) is 21.6. The number of amidine groups is 1. The topological polar surface area (TPSA) is 46.0 Å². The van der Waals surface area contributed by atoms with E-state index in [0.717, 1.165) is 22.0 Å². The summed E-state index contributed by atoms with van der Waals surface area (Å²) in [6.07, 6.45) is 1.81. The van der Waals surface area contributed by atoms with Crippen LogP contribution in [0, 0.1) is 0 Å². The van der Waals surface area contributed by atoms with Gasteiger partial charge in [-0.25, -0.2) is 0 Å². The number of nitrogens with zero attached hydrogens (tertiary/aromatic N) is 2. The van der Waals surface area contributed by atoms with E-state index in [1.165, 1.54) is 7.16 Å². The summed E-state index contributed by atoms with van der Waals surface area (Å²) in [6.45, 7) is 0.574. The van der Waals surface area contributed by atoms with E-state index in [2.05, 4.69) is 71.2 Å². The molecular weight excluding hydrogens is 533 g/mol. The van der Waals surface area contributed by atoms with Gasteiger partial charge in [-0.2, -0.15) is 0 Å². The van der Waals surface area contributed by atoms with Crippen LogP contribution in [0.25, 0.3) is 0 Å². The van der Waals surface area contributed by atoms with Gasteiger partial charge in [-0.1, -0.05) is 0 Å². The van der Waals surface area contributed by atoms with Gasteiger partial charge in [0.2, 0.25) is 0 Å². The van der Waals surface area contributed by atoms with Crippen LogP contribution in [-0.2, 0) is 6.54 Å². The molecule has 0 atom stereocenters. The number of fused-ring (bicyclic) bond motifs is 1. The summed E-state index contributed by atoms with van der Waals surface area (Å²) in [5.41, 5.74) is 5.32. The third kappa shape index (κ3) is 4.99. The molecule has 0 spiro atoms. The summed E-state index contributed by atoms with van der Waals surface area (Å²) < 4.78 is 9.58. The average Bonchev–Trinajstić information content (AvgIpc) is 2.97. The van der Waals surface area contributed by atoms with Gasteiger partial charge in [0.15, 0.2) is 0 Å². The van der Waals surface area contributed by atoms with Crippen LogP contribution in [0.1, 0.15) is 11.1 Å². The van der Waals surface area contributed by atoms with Crippen molar-refractivity contribution in [2.24, 2.45) is 10.1 Å². The summed E-state index contributed by atoms with van der Waals surface area (Å²) in [7, 11) is 1.73. The molecule has 0 aromatic heterocycles. The van der Waals surface area contributed by atoms with E-state index < -0.39 is 17.4 Å². The van der Waals surface area contributed by atoms with Crippen LogP contribution in [0.15, 0.2) is 125 Å². The monoisotopic (exact) mass is 557 g/mol. The normalized spacial score (nSPS) is 16.9. The van der Waals surface area contributed by atoms with Crippen molar-refractivity contribution in [3.8, 4) is 5.75 Å². The number of rotatable bonds is 4. The molecular formula is C27H23N3OSSn. The SMILES string of the molecule is C1=N\NC(=NCc2ccccc2)[S][Sn]([c]2ccccc2)([c]2ccccc2)[O]c2ccccc2/1. The maximum atomic E-state index is 7.12. The van der Waals surface area contributed by atoms with Crippen LogP contribution < -0.4 is 15.7 Å². The minimum atomic E-state index is -3.88. The Labute approximate surface area is 201 Å². The van der Waals surface area contributed by atoms with Gasteiger partial charge in [0.1, 0.15) is 0 Å². The fourth-order valence-electron chi connectivity index (χ4n) is 3.70. The van der Waals surface area contributed by atoms with Gasteiger partial charge in [0.05, 0.1) is 0 Å². The Balaban J connectivity index is 1.66. The quantitative estimate of drug-likeness (QED) is 0.376. The molecule has 0 fully saturated rings. The van der Waals surface area contributed by atoms with Crippen molar-refractivity contribution in [2.75, 3.05) is 0 Å². The van der Waals surface area contributed by atoms with Crippen LogP contribution >= 0.6 is 8.95 Å². The van der Waals surface area contributed by atoms with Crippen molar-refractivity contribution >= 4 is 44.9 Å². The van der Waals surface area contributed by atoms with Gasteiger partial charge in [-0.05, 0) is 0 Å². The Morgan fingerprint density at radius 2 is 1.30 bits per heavy atom. The Bertz CT molecular complexity index is 1220. The summed E-state index contributed by atoms with van der Waals surface area (Å²) >= 11 is -3.88. The molecule has 4 aromatic carbocycles. The maximum absolute atomic E-state index is 7.12. The number of nitrogens with one attached hydrogen (secondary N) is 1. The molecule has 0 saturated heterocycles. The van der Waals surface area contributed by atoms with E-state index in [4.69, 9.17) is 8.07 Å². The van der Waals surface area contributed by atoms with Crippen molar-refractivity contribution in [3.05, 3.63) is 126 Å². The standard InChI is InChI=1S/C15H15N3OS.2C6H5.Sn/c19-14-9-5-4-8-13(14)11-17-18-15(20)16-10-12-6-2-1-3-7-12;2*1-2-4-6-5-3-1;/h1-9,11,19H,10H2,(H2,16,18,20);2*1-5H;/q;;;+2/p-2/b17-11-;;;. The number of hydrogen-bond donors (Lipinski definition) is 1. The van der Waals surface area contributed by atoms with E-state index >= 15 is 0 Å². The number of hydrogen-bond acceptors (Lipinski definition) is 4. The number of para-hydroxylation sites is 1. The number of hydrazone groups is 1. The van der Waals surface area contributed by atoms with E-state index in [1.807, 2.05) is 60.8 Å². The molecule has 0 amide bonds. The van der Waals surface area contributed by atoms with Crippen LogP contribution in [0.5, 0.6) is 5.75 Å². The summed E-state index contributed by atoms with van der Waals surface area (Å²) in [6, 6.07) is 39.5. The first kappa shape index (κ1) is 21.8. The number of benzene rings is 4. The molecule has 0 bridgehead atoms. The second-order valence-corrected chi connectivity index (χ2v) is 21.2. The average molecular weight is 556 g/mol. The van der Waals surface area contributed by atoms with Crippen molar-refractivity contribution in [2.45, 2.75) is 6.54 Å². The zero-order valence-electron chi connectivity index (χ0n) is 18.0. The molecule has 0 saturated carbocycles. The Morgan fingerprint density at radius 1 is 0.727 bits per heavy atom.